The van der Waals surface area contributed by atoms with Crippen molar-refractivity contribution in [3.8, 4) is 0 Å². The van der Waals surface area contributed by atoms with Gasteiger partial charge in [0.05, 0.1) is 16.2 Å². The maximum atomic E-state index is 13.7. The van der Waals surface area contributed by atoms with Gasteiger partial charge >= 0.3 is 0 Å². The van der Waals surface area contributed by atoms with Crippen LogP contribution in [0.25, 0.3) is 0 Å². The fraction of sp³-hybridized carbons (Fsp3) is 0.500. The zero-order valence-corrected chi connectivity index (χ0v) is 12.3. The molecule has 0 bridgehead atoms. The van der Waals surface area contributed by atoms with Gasteiger partial charge in [-0.05, 0) is 12.1 Å². The number of carbonyl (C=O) groups is 1. The molecule has 0 unspecified atom stereocenters. The third-order valence-electron chi connectivity index (χ3n) is 3.54. The summed E-state index contributed by atoms with van der Waals surface area (Å²) in [4.78, 5) is 13.4. The number of hydrogen-bond acceptors (Lipinski definition) is 3. The molecule has 1 heterocycles. The quantitative estimate of drug-likeness (QED) is 0.869. The Kier molecular flexibility index (Phi) is 4.81. The maximum Gasteiger partial charge on any atom is 0.256 e. The molecule has 1 aliphatic heterocycles. The second-order valence-corrected chi connectivity index (χ2v) is 5.65. The number of halogens is 3. The standard InChI is InChI=1S/C14H16ClF2NO3/c1-18(8-14(20)2-4-21-5-3-14)13(19)9-6-12(17)10(15)7-11(9)16/h6-7,20H,2-5,8H2,1H3. The van der Waals surface area contributed by atoms with Gasteiger partial charge in [0.25, 0.3) is 5.91 Å². The lowest BCUT2D eigenvalue weighted by Gasteiger charge is -2.35. The van der Waals surface area contributed by atoms with Crippen molar-refractivity contribution in [2.75, 3.05) is 26.8 Å². The molecule has 21 heavy (non-hydrogen) atoms. The molecule has 0 radical (unpaired) electrons. The molecule has 0 atom stereocenters. The molecule has 1 aromatic carbocycles. The summed E-state index contributed by atoms with van der Waals surface area (Å²) >= 11 is 5.45. The molecule has 4 nitrogen and oxygen atoms in total. The highest BCUT2D eigenvalue weighted by Gasteiger charge is 2.33. The normalized spacial score (nSPS) is 17.6. The van der Waals surface area contributed by atoms with Crippen LogP contribution in [-0.2, 0) is 4.74 Å². The van der Waals surface area contributed by atoms with Crippen LogP contribution in [0.3, 0.4) is 0 Å². The highest BCUT2D eigenvalue weighted by atomic mass is 35.5. The topological polar surface area (TPSA) is 49.8 Å². The molecular formula is C14H16ClF2NO3. The largest absolute Gasteiger partial charge is 0.388 e. The average Bonchev–Trinajstić information content (AvgIpc) is 2.42. The lowest BCUT2D eigenvalue weighted by atomic mass is 9.93. The Morgan fingerprint density at radius 2 is 2.00 bits per heavy atom. The van der Waals surface area contributed by atoms with Crippen molar-refractivity contribution in [3.63, 3.8) is 0 Å². The van der Waals surface area contributed by atoms with Gasteiger partial charge in [0.15, 0.2) is 0 Å². The number of nitrogens with zero attached hydrogens (tertiary/aromatic N) is 1. The summed E-state index contributed by atoms with van der Waals surface area (Å²) in [5, 5.41) is 9.96. The molecule has 1 aromatic rings. The lowest BCUT2D eigenvalue weighted by Crippen LogP contribution is -2.47. The van der Waals surface area contributed by atoms with Gasteiger partial charge in [0.1, 0.15) is 11.6 Å². The predicted molar refractivity (Wildman–Crippen MR) is 73.3 cm³/mol. The average molecular weight is 320 g/mol. The molecular weight excluding hydrogens is 304 g/mol. The third-order valence-corrected chi connectivity index (χ3v) is 3.83. The smallest absolute Gasteiger partial charge is 0.256 e. The first kappa shape index (κ1) is 16.1. The summed E-state index contributed by atoms with van der Waals surface area (Å²) in [5.74, 6) is -2.46. The van der Waals surface area contributed by atoms with E-state index in [1.54, 1.807) is 0 Å². The molecule has 7 heteroatoms. The minimum Gasteiger partial charge on any atom is -0.388 e. The fourth-order valence-corrected chi connectivity index (χ4v) is 2.47. The van der Waals surface area contributed by atoms with Gasteiger partial charge in [-0.2, -0.15) is 0 Å². The molecule has 116 valence electrons. The number of aliphatic hydroxyl groups is 1. The maximum absolute atomic E-state index is 13.7. The van der Waals surface area contributed by atoms with Crippen molar-refractivity contribution >= 4 is 17.5 Å². The van der Waals surface area contributed by atoms with Crippen molar-refractivity contribution in [1.82, 2.24) is 4.90 Å². The van der Waals surface area contributed by atoms with Crippen molar-refractivity contribution in [3.05, 3.63) is 34.4 Å². The Morgan fingerprint density at radius 3 is 2.62 bits per heavy atom. The van der Waals surface area contributed by atoms with Crippen molar-refractivity contribution in [2.45, 2.75) is 18.4 Å². The van der Waals surface area contributed by atoms with Crippen LogP contribution in [0.4, 0.5) is 8.78 Å². The number of benzene rings is 1. The second-order valence-electron chi connectivity index (χ2n) is 5.24. The first-order valence-electron chi connectivity index (χ1n) is 6.52. The molecule has 1 N–H and O–H groups in total. The lowest BCUT2D eigenvalue weighted by molar-refractivity contribution is -0.0734. The van der Waals surface area contributed by atoms with Gasteiger partial charge in [0.2, 0.25) is 0 Å². The predicted octanol–water partition coefficient (Wildman–Crippen LogP) is 2.23. The first-order chi connectivity index (χ1) is 9.82. The molecule has 1 saturated heterocycles. The van der Waals surface area contributed by atoms with E-state index in [0.29, 0.717) is 26.1 Å². The Hall–Kier alpha value is -1.24. The number of carbonyl (C=O) groups excluding carboxylic acids is 1. The fourth-order valence-electron chi connectivity index (χ4n) is 2.31. The summed E-state index contributed by atoms with van der Waals surface area (Å²) in [5.41, 5.74) is -1.47. The minimum absolute atomic E-state index is 0.0267. The zero-order chi connectivity index (χ0) is 15.6. The first-order valence-corrected chi connectivity index (χ1v) is 6.90. The van der Waals surface area contributed by atoms with Gasteiger partial charge in [0, 0.05) is 39.6 Å². The highest BCUT2D eigenvalue weighted by molar-refractivity contribution is 6.30. The molecule has 2 rings (SSSR count). The van der Waals surface area contributed by atoms with E-state index in [9.17, 15) is 18.7 Å². The second kappa shape index (κ2) is 6.25. The van der Waals surface area contributed by atoms with Crippen LogP contribution in [0.5, 0.6) is 0 Å². The summed E-state index contributed by atoms with van der Waals surface area (Å²) in [6, 6.07) is 1.53. The number of ether oxygens (including phenoxy) is 1. The van der Waals surface area contributed by atoms with Crippen molar-refractivity contribution < 1.29 is 23.4 Å². The van der Waals surface area contributed by atoms with Gasteiger partial charge in [-0.25, -0.2) is 8.78 Å². The number of likely N-dealkylation sites (N-methyl/N-ethyl adjacent to an activating group) is 1. The summed E-state index contributed by atoms with van der Waals surface area (Å²) in [7, 11) is 1.43. The van der Waals surface area contributed by atoms with Crippen LogP contribution in [0.15, 0.2) is 12.1 Å². The summed E-state index contributed by atoms with van der Waals surface area (Å²) < 4.78 is 32.3. The van der Waals surface area contributed by atoms with Crippen LogP contribution in [0.1, 0.15) is 23.2 Å². The van der Waals surface area contributed by atoms with Crippen LogP contribution in [0, 0.1) is 11.6 Å². The SMILES string of the molecule is CN(CC1(O)CCOCC1)C(=O)c1cc(F)c(Cl)cc1F. The third kappa shape index (κ3) is 3.70. The van der Waals surface area contributed by atoms with E-state index in [1.807, 2.05) is 0 Å². The van der Waals surface area contributed by atoms with E-state index in [-0.39, 0.29) is 11.6 Å². The van der Waals surface area contributed by atoms with E-state index < -0.39 is 28.7 Å². The molecule has 0 saturated carbocycles. The van der Waals surface area contributed by atoms with E-state index >= 15 is 0 Å². The van der Waals surface area contributed by atoms with Crippen LogP contribution in [-0.4, -0.2) is 48.3 Å². The monoisotopic (exact) mass is 319 g/mol. The Balaban J connectivity index is 2.14. The molecule has 0 aromatic heterocycles. The van der Waals surface area contributed by atoms with E-state index in [0.717, 1.165) is 12.1 Å². The number of amides is 1. The van der Waals surface area contributed by atoms with Gasteiger partial charge < -0.3 is 14.7 Å². The van der Waals surface area contributed by atoms with Crippen LogP contribution in [0.2, 0.25) is 5.02 Å². The van der Waals surface area contributed by atoms with Gasteiger partial charge in [-0.3, -0.25) is 4.79 Å². The number of rotatable bonds is 3. The van der Waals surface area contributed by atoms with Crippen LogP contribution < -0.4 is 0 Å². The van der Waals surface area contributed by atoms with E-state index in [4.69, 9.17) is 16.3 Å². The van der Waals surface area contributed by atoms with E-state index in [2.05, 4.69) is 0 Å². The highest BCUT2D eigenvalue weighted by Crippen LogP contribution is 2.24. The van der Waals surface area contributed by atoms with Gasteiger partial charge in [-0.15, -0.1) is 0 Å². The zero-order valence-electron chi connectivity index (χ0n) is 11.5. The van der Waals surface area contributed by atoms with Gasteiger partial charge in [-0.1, -0.05) is 11.6 Å². The molecule has 0 aliphatic carbocycles. The molecule has 1 fully saturated rings. The van der Waals surface area contributed by atoms with E-state index in [1.165, 1.54) is 11.9 Å². The molecule has 1 amide bonds. The Bertz CT molecular complexity index is 547. The van der Waals surface area contributed by atoms with Crippen LogP contribution >= 0.6 is 11.6 Å². The summed E-state index contributed by atoms with van der Waals surface area (Å²) in [6.45, 7) is 0.837. The number of hydrogen-bond donors (Lipinski definition) is 1. The van der Waals surface area contributed by atoms with Crippen molar-refractivity contribution in [2.24, 2.45) is 0 Å². The minimum atomic E-state index is -1.07. The van der Waals surface area contributed by atoms with Crippen molar-refractivity contribution in [1.29, 1.82) is 0 Å². The Morgan fingerprint density at radius 1 is 1.38 bits per heavy atom. The Labute approximate surface area is 126 Å². The molecule has 1 aliphatic rings. The summed E-state index contributed by atoms with van der Waals surface area (Å²) in [6.07, 6.45) is 0.782. The molecule has 0 spiro atoms.